The molecule has 36 heavy (non-hydrogen) atoms. The molecule has 1 aliphatic heterocycles. The van der Waals surface area contributed by atoms with Crippen LogP contribution >= 0.6 is 0 Å². The van der Waals surface area contributed by atoms with Crippen LogP contribution in [0, 0.1) is 13.8 Å². The summed E-state index contributed by atoms with van der Waals surface area (Å²) in [6.45, 7) is 10.1. The second-order valence-corrected chi connectivity index (χ2v) is 9.77. The Morgan fingerprint density at radius 3 is 2.78 bits per heavy atom. The first-order valence-electron chi connectivity index (χ1n) is 12.9. The summed E-state index contributed by atoms with van der Waals surface area (Å²) in [6, 6.07) is 12.2. The van der Waals surface area contributed by atoms with Crippen molar-refractivity contribution in [3.8, 4) is 0 Å². The summed E-state index contributed by atoms with van der Waals surface area (Å²) in [7, 11) is 0. The minimum atomic E-state index is -0.335. The Balaban J connectivity index is 1.33. The topological polar surface area (TPSA) is 88.7 Å². The molecule has 0 amide bonds. The number of pyridine rings is 1. The molecule has 0 spiro atoms. The van der Waals surface area contributed by atoms with Gasteiger partial charge in [-0.15, -0.1) is 5.10 Å². The molecule has 8 heteroatoms. The first kappa shape index (κ1) is 25.8. The Kier molecular flexibility index (Phi) is 8.70. The van der Waals surface area contributed by atoms with E-state index in [0.717, 1.165) is 42.9 Å². The zero-order valence-corrected chi connectivity index (χ0v) is 21.9. The van der Waals surface area contributed by atoms with E-state index in [1.54, 1.807) is 4.68 Å². The number of hydrogen-bond acceptors (Lipinski definition) is 7. The van der Waals surface area contributed by atoms with Gasteiger partial charge < -0.3 is 14.8 Å². The highest BCUT2D eigenvalue weighted by atomic mass is 16.6. The van der Waals surface area contributed by atoms with Crippen LogP contribution in [0.4, 0.5) is 5.69 Å². The van der Waals surface area contributed by atoms with Gasteiger partial charge in [0.25, 0.3) is 0 Å². The van der Waals surface area contributed by atoms with Crippen LogP contribution in [0.1, 0.15) is 73.5 Å². The number of aliphatic hydroxyl groups excluding tert-OH is 1. The van der Waals surface area contributed by atoms with Crippen LogP contribution < -0.4 is 4.90 Å². The molecule has 1 N–H and O–H groups in total. The molecule has 3 heterocycles. The Bertz CT molecular complexity index is 1160. The van der Waals surface area contributed by atoms with E-state index in [1.807, 2.05) is 50.4 Å². The maximum Gasteiger partial charge on any atom is 0.169 e. The zero-order valence-electron chi connectivity index (χ0n) is 21.9. The van der Waals surface area contributed by atoms with E-state index in [9.17, 15) is 5.11 Å². The van der Waals surface area contributed by atoms with E-state index in [0.29, 0.717) is 12.1 Å². The number of benzene rings is 1. The summed E-state index contributed by atoms with van der Waals surface area (Å²) < 4.78 is 1.72. The van der Waals surface area contributed by atoms with Gasteiger partial charge >= 0.3 is 0 Å². The molecule has 4 rings (SSSR count). The second-order valence-electron chi connectivity index (χ2n) is 9.77. The fourth-order valence-electron chi connectivity index (χ4n) is 4.49. The molecule has 192 valence electrons. The van der Waals surface area contributed by atoms with Crippen molar-refractivity contribution >= 4 is 11.4 Å². The maximum atomic E-state index is 9.89. The lowest BCUT2D eigenvalue weighted by atomic mass is 10.1. The highest BCUT2D eigenvalue weighted by molar-refractivity contribution is 5.81. The van der Waals surface area contributed by atoms with Gasteiger partial charge in [0.2, 0.25) is 0 Å². The molecule has 2 aromatic heterocycles. The molecule has 0 bridgehead atoms. The summed E-state index contributed by atoms with van der Waals surface area (Å²) in [6.07, 6.45) is 6.40. The summed E-state index contributed by atoms with van der Waals surface area (Å²) >= 11 is 0. The van der Waals surface area contributed by atoms with Crippen LogP contribution in [-0.4, -0.2) is 50.5 Å². The van der Waals surface area contributed by atoms with Crippen LogP contribution in [0.15, 0.2) is 47.8 Å². The number of oxime groups is 1. The molecule has 0 saturated carbocycles. The van der Waals surface area contributed by atoms with E-state index in [1.165, 1.54) is 29.8 Å². The standard InChI is InChI=1S/C28H38N6O2/c1-20-16-28-26(29-22(20)3)12-8-9-14-33(28)15-13-21(2)31-36-23(4)27-18-34(32-30-27)25(19-35)17-24-10-6-5-7-11-24/h5-7,10-11,16,18,23,25,35H,8-9,12-15,17,19H2,1-4H3/b31-21+/t23-,25+/m1/s1. The van der Waals surface area contributed by atoms with Crippen molar-refractivity contribution in [2.75, 3.05) is 24.6 Å². The molecule has 8 nitrogen and oxygen atoms in total. The lowest BCUT2D eigenvalue weighted by Gasteiger charge is -2.25. The quantitative estimate of drug-likeness (QED) is 0.326. The van der Waals surface area contributed by atoms with E-state index in [2.05, 4.69) is 40.3 Å². The van der Waals surface area contributed by atoms with Crippen LogP contribution in [0.25, 0.3) is 0 Å². The smallest absolute Gasteiger partial charge is 0.169 e. The third-order valence-corrected chi connectivity index (χ3v) is 6.91. The lowest BCUT2D eigenvalue weighted by Crippen LogP contribution is -2.27. The first-order chi connectivity index (χ1) is 17.4. The molecule has 2 atom stereocenters. The average Bonchev–Trinajstić information content (AvgIpc) is 3.30. The summed E-state index contributed by atoms with van der Waals surface area (Å²) in [5.41, 5.74) is 7.62. The molecule has 0 saturated heterocycles. The average molecular weight is 491 g/mol. The molecule has 0 aliphatic carbocycles. The largest absolute Gasteiger partial charge is 0.394 e. The predicted molar refractivity (Wildman–Crippen MR) is 142 cm³/mol. The number of aromatic nitrogens is 4. The number of hydrogen-bond donors (Lipinski definition) is 1. The molecular weight excluding hydrogens is 452 g/mol. The van der Waals surface area contributed by atoms with E-state index in [-0.39, 0.29) is 18.8 Å². The van der Waals surface area contributed by atoms with Gasteiger partial charge in [0.1, 0.15) is 5.69 Å². The van der Waals surface area contributed by atoms with Crippen molar-refractivity contribution in [3.05, 3.63) is 70.8 Å². The van der Waals surface area contributed by atoms with Gasteiger partial charge in [-0.2, -0.15) is 0 Å². The zero-order chi connectivity index (χ0) is 25.5. The van der Waals surface area contributed by atoms with Gasteiger partial charge in [0.05, 0.1) is 35.9 Å². The second kappa shape index (κ2) is 12.1. The Morgan fingerprint density at radius 2 is 2.00 bits per heavy atom. The highest BCUT2D eigenvalue weighted by Crippen LogP contribution is 2.27. The number of aryl methyl sites for hydroxylation is 3. The molecule has 0 radical (unpaired) electrons. The fraction of sp³-hybridized carbons (Fsp3) is 0.500. The van der Waals surface area contributed by atoms with Crippen molar-refractivity contribution in [2.24, 2.45) is 5.16 Å². The van der Waals surface area contributed by atoms with Crippen molar-refractivity contribution in [2.45, 2.75) is 71.9 Å². The Morgan fingerprint density at radius 1 is 1.19 bits per heavy atom. The number of anilines is 1. The first-order valence-corrected chi connectivity index (χ1v) is 12.9. The van der Waals surface area contributed by atoms with Crippen LogP contribution in [0.2, 0.25) is 0 Å². The van der Waals surface area contributed by atoms with Gasteiger partial charge in [-0.1, -0.05) is 40.7 Å². The number of rotatable bonds is 10. The molecule has 0 fully saturated rings. The molecule has 0 unspecified atom stereocenters. The minimum absolute atomic E-state index is 0.0154. The number of aliphatic hydroxyl groups is 1. The normalized spacial score (nSPS) is 15.8. The maximum absolute atomic E-state index is 9.89. The third-order valence-electron chi connectivity index (χ3n) is 6.91. The highest BCUT2D eigenvalue weighted by Gasteiger charge is 2.19. The van der Waals surface area contributed by atoms with E-state index in [4.69, 9.17) is 9.82 Å². The fourth-order valence-corrected chi connectivity index (χ4v) is 4.49. The number of nitrogens with zero attached hydrogens (tertiary/aromatic N) is 6. The summed E-state index contributed by atoms with van der Waals surface area (Å²) in [5.74, 6) is 0. The lowest BCUT2D eigenvalue weighted by molar-refractivity contribution is 0.0685. The van der Waals surface area contributed by atoms with Crippen molar-refractivity contribution < 1.29 is 9.94 Å². The third kappa shape index (κ3) is 6.49. The monoisotopic (exact) mass is 490 g/mol. The van der Waals surface area contributed by atoms with Gasteiger partial charge in [0, 0.05) is 25.2 Å². The van der Waals surface area contributed by atoms with Crippen LogP contribution in [-0.2, 0) is 17.7 Å². The summed E-state index contributed by atoms with van der Waals surface area (Å²) in [4.78, 5) is 13.1. The van der Waals surface area contributed by atoms with Gasteiger partial charge in [0.15, 0.2) is 6.10 Å². The van der Waals surface area contributed by atoms with Gasteiger partial charge in [-0.05, 0) is 70.6 Å². The number of fused-ring (bicyclic) bond motifs is 1. The van der Waals surface area contributed by atoms with Crippen molar-refractivity contribution in [3.63, 3.8) is 0 Å². The summed E-state index contributed by atoms with van der Waals surface area (Å²) in [5, 5.41) is 22.8. The van der Waals surface area contributed by atoms with Crippen LogP contribution in [0.3, 0.4) is 0 Å². The molecule has 1 aliphatic rings. The van der Waals surface area contributed by atoms with Crippen molar-refractivity contribution in [1.82, 2.24) is 20.0 Å². The predicted octanol–water partition coefficient (Wildman–Crippen LogP) is 4.75. The van der Waals surface area contributed by atoms with Gasteiger partial charge in [-0.25, -0.2) is 4.68 Å². The molecular formula is C28H38N6O2. The van der Waals surface area contributed by atoms with E-state index >= 15 is 0 Å². The SMILES string of the molecule is C/C(CCN1CCCCc2nc(C)c(C)cc21)=N\O[C@H](C)c1cn([C@H](CO)Cc2ccccc2)nn1. The Hall–Kier alpha value is -3.26. The van der Waals surface area contributed by atoms with Crippen molar-refractivity contribution in [1.29, 1.82) is 0 Å². The van der Waals surface area contributed by atoms with Crippen LogP contribution in [0.5, 0.6) is 0 Å². The van der Waals surface area contributed by atoms with Gasteiger partial charge in [-0.3, -0.25) is 4.98 Å². The minimum Gasteiger partial charge on any atom is -0.394 e. The van der Waals surface area contributed by atoms with E-state index < -0.39 is 0 Å². The molecule has 1 aromatic carbocycles. The Labute approximate surface area is 214 Å². The molecule has 3 aromatic rings.